The van der Waals surface area contributed by atoms with Crippen molar-refractivity contribution in [3.8, 4) is 0 Å². The number of likely N-dealkylation sites (N-methyl/N-ethyl adjacent to an activating group) is 1. The molecule has 2 rings (SSSR count). The molecule has 1 aliphatic heterocycles. The second kappa shape index (κ2) is 6.65. The molecule has 1 aliphatic rings. The summed E-state index contributed by atoms with van der Waals surface area (Å²) in [5.41, 5.74) is 0.211. The van der Waals surface area contributed by atoms with Crippen molar-refractivity contribution in [2.75, 3.05) is 19.6 Å². The van der Waals surface area contributed by atoms with Crippen LogP contribution in [0.15, 0.2) is 24.3 Å². The lowest BCUT2D eigenvalue weighted by Gasteiger charge is -2.32. The van der Waals surface area contributed by atoms with Crippen LogP contribution in [0.1, 0.15) is 25.3 Å². The molecule has 0 spiro atoms. The van der Waals surface area contributed by atoms with Crippen molar-refractivity contribution in [1.82, 2.24) is 9.62 Å². The van der Waals surface area contributed by atoms with Crippen LogP contribution >= 0.6 is 0 Å². The second-order valence-corrected chi connectivity index (χ2v) is 6.95. The summed E-state index contributed by atoms with van der Waals surface area (Å²) in [6, 6.07) is 5.92. The molecule has 1 heterocycles. The summed E-state index contributed by atoms with van der Waals surface area (Å²) in [5.74, 6) is -0.779. The van der Waals surface area contributed by atoms with Crippen LogP contribution in [0.4, 0.5) is 4.39 Å². The van der Waals surface area contributed by atoms with Gasteiger partial charge in [0.15, 0.2) is 0 Å². The first-order valence-electron chi connectivity index (χ1n) is 6.96. The number of piperidine rings is 1. The first-order valence-corrected chi connectivity index (χ1v) is 8.61. The molecule has 0 aromatic heterocycles. The summed E-state index contributed by atoms with van der Waals surface area (Å²) in [6.45, 7) is 4.73. The number of halogens is 1. The smallest absolute Gasteiger partial charge is 0.216 e. The van der Waals surface area contributed by atoms with Gasteiger partial charge in [0, 0.05) is 18.2 Å². The molecule has 112 valence electrons. The zero-order valence-corrected chi connectivity index (χ0v) is 12.5. The predicted octanol–water partition coefficient (Wildman–Crippen LogP) is 1.73. The normalized spacial score (nSPS) is 21.0. The average molecular weight is 300 g/mol. The lowest BCUT2D eigenvalue weighted by molar-refractivity contribution is 0.211. The molecule has 1 aromatic carbocycles. The van der Waals surface area contributed by atoms with Crippen molar-refractivity contribution in [3.05, 3.63) is 35.6 Å². The Morgan fingerprint density at radius 1 is 1.40 bits per heavy atom. The van der Waals surface area contributed by atoms with Gasteiger partial charge in [0.2, 0.25) is 10.0 Å². The molecule has 0 bridgehead atoms. The number of sulfonamides is 1. The predicted molar refractivity (Wildman–Crippen MR) is 77.3 cm³/mol. The minimum Gasteiger partial charge on any atom is -0.302 e. The van der Waals surface area contributed by atoms with E-state index in [9.17, 15) is 12.8 Å². The monoisotopic (exact) mass is 300 g/mol. The Labute approximate surface area is 120 Å². The van der Waals surface area contributed by atoms with E-state index >= 15 is 0 Å². The minimum absolute atomic E-state index is 0.0690. The summed E-state index contributed by atoms with van der Waals surface area (Å²) in [4.78, 5) is 2.22. The van der Waals surface area contributed by atoms with Crippen LogP contribution in [0.5, 0.6) is 0 Å². The molecule has 0 amide bonds. The number of benzene rings is 1. The van der Waals surface area contributed by atoms with Crippen molar-refractivity contribution in [2.24, 2.45) is 0 Å². The molecule has 0 radical (unpaired) electrons. The highest BCUT2D eigenvalue weighted by atomic mass is 32.2. The zero-order valence-electron chi connectivity index (χ0n) is 11.7. The molecule has 4 nitrogen and oxygen atoms in total. The summed E-state index contributed by atoms with van der Waals surface area (Å²) in [6.07, 6.45) is 1.83. The lowest BCUT2D eigenvalue weighted by Crippen LogP contribution is -2.47. The highest BCUT2D eigenvalue weighted by Gasteiger charge is 2.24. The van der Waals surface area contributed by atoms with Crippen LogP contribution < -0.4 is 4.72 Å². The summed E-state index contributed by atoms with van der Waals surface area (Å²) in [5, 5.41) is 0. The van der Waals surface area contributed by atoms with Crippen LogP contribution in [-0.4, -0.2) is 39.0 Å². The van der Waals surface area contributed by atoms with E-state index in [1.54, 1.807) is 12.1 Å². The third kappa shape index (κ3) is 4.26. The van der Waals surface area contributed by atoms with Crippen molar-refractivity contribution < 1.29 is 12.8 Å². The van der Waals surface area contributed by atoms with E-state index in [0.717, 1.165) is 32.5 Å². The highest BCUT2D eigenvalue weighted by Crippen LogP contribution is 2.14. The van der Waals surface area contributed by atoms with Gasteiger partial charge < -0.3 is 4.90 Å². The molecular weight excluding hydrogens is 279 g/mol. The topological polar surface area (TPSA) is 49.4 Å². The highest BCUT2D eigenvalue weighted by molar-refractivity contribution is 7.88. The molecule has 6 heteroatoms. The molecule has 0 aliphatic carbocycles. The molecule has 0 saturated carbocycles. The molecule has 1 N–H and O–H groups in total. The Kier molecular flexibility index (Phi) is 5.12. The summed E-state index contributed by atoms with van der Waals surface area (Å²) < 4.78 is 40.5. The SMILES string of the molecule is CCN1CCCC(NS(=O)(=O)Cc2ccccc2F)C1. The fourth-order valence-electron chi connectivity index (χ4n) is 2.55. The fraction of sp³-hybridized carbons (Fsp3) is 0.571. The van der Waals surface area contributed by atoms with Gasteiger partial charge in [-0.25, -0.2) is 17.5 Å². The number of hydrogen-bond acceptors (Lipinski definition) is 3. The van der Waals surface area contributed by atoms with Gasteiger partial charge in [-0.1, -0.05) is 25.1 Å². The molecule has 1 fully saturated rings. The maximum atomic E-state index is 13.5. The van der Waals surface area contributed by atoms with E-state index in [1.165, 1.54) is 12.1 Å². The first-order chi connectivity index (χ1) is 9.50. The largest absolute Gasteiger partial charge is 0.302 e. The van der Waals surface area contributed by atoms with Crippen molar-refractivity contribution in [1.29, 1.82) is 0 Å². The van der Waals surface area contributed by atoms with Gasteiger partial charge in [-0.05, 0) is 32.0 Å². The van der Waals surface area contributed by atoms with E-state index < -0.39 is 15.8 Å². The molecule has 1 atom stereocenters. The van der Waals surface area contributed by atoms with E-state index in [2.05, 4.69) is 16.5 Å². The molecule has 20 heavy (non-hydrogen) atoms. The Bertz CT molecular complexity index is 548. The van der Waals surface area contributed by atoms with Gasteiger partial charge in [0.05, 0.1) is 5.75 Å². The third-order valence-electron chi connectivity index (χ3n) is 3.60. The van der Waals surface area contributed by atoms with Gasteiger partial charge in [0.1, 0.15) is 5.82 Å². The van der Waals surface area contributed by atoms with Gasteiger partial charge in [-0.15, -0.1) is 0 Å². The van der Waals surface area contributed by atoms with Gasteiger partial charge in [0.25, 0.3) is 0 Å². The van der Waals surface area contributed by atoms with E-state index in [0.29, 0.717) is 0 Å². The number of rotatable bonds is 5. The average Bonchev–Trinajstić information content (AvgIpc) is 2.41. The Morgan fingerprint density at radius 3 is 2.85 bits per heavy atom. The maximum absolute atomic E-state index is 13.5. The number of hydrogen-bond donors (Lipinski definition) is 1. The Hall–Kier alpha value is -0.980. The van der Waals surface area contributed by atoms with Crippen LogP contribution in [0.3, 0.4) is 0 Å². The zero-order chi connectivity index (χ0) is 14.6. The first kappa shape index (κ1) is 15.4. The lowest BCUT2D eigenvalue weighted by atomic mass is 10.1. The van der Waals surface area contributed by atoms with Crippen LogP contribution in [0, 0.1) is 5.82 Å². The van der Waals surface area contributed by atoms with Crippen molar-refractivity contribution in [3.63, 3.8) is 0 Å². The molecule has 1 unspecified atom stereocenters. The molecule has 1 saturated heterocycles. The standard InChI is InChI=1S/C14H21FN2O2S/c1-2-17-9-5-7-13(10-17)16-20(18,19)11-12-6-3-4-8-14(12)15/h3-4,6,8,13,16H,2,5,7,9-11H2,1H3. The van der Waals surface area contributed by atoms with Gasteiger partial charge in [-0.3, -0.25) is 0 Å². The molecular formula is C14H21FN2O2S. The van der Waals surface area contributed by atoms with Crippen LogP contribution in [-0.2, 0) is 15.8 Å². The van der Waals surface area contributed by atoms with Crippen molar-refractivity contribution >= 4 is 10.0 Å². The maximum Gasteiger partial charge on any atom is 0.216 e. The number of nitrogens with zero attached hydrogens (tertiary/aromatic N) is 1. The fourth-order valence-corrected chi connectivity index (χ4v) is 3.98. The Morgan fingerprint density at radius 2 is 2.15 bits per heavy atom. The molecule has 1 aromatic rings. The quantitative estimate of drug-likeness (QED) is 0.901. The minimum atomic E-state index is -3.51. The third-order valence-corrected chi connectivity index (χ3v) is 4.99. The summed E-state index contributed by atoms with van der Waals surface area (Å²) >= 11 is 0. The number of likely N-dealkylation sites (tertiary alicyclic amines) is 1. The van der Waals surface area contributed by atoms with Gasteiger partial charge in [-0.2, -0.15) is 0 Å². The second-order valence-electron chi connectivity index (χ2n) is 5.20. The Balaban J connectivity index is 1.99. The number of nitrogens with one attached hydrogen (secondary N) is 1. The van der Waals surface area contributed by atoms with Gasteiger partial charge >= 0.3 is 0 Å². The summed E-state index contributed by atoms with van der Waals surface area (Å²) in [7, 11) is -3.51. The van der Waals surface area contributed by atoms with Crippen LogP contribution in [0.2, 0.25) is 0 Å². The van der Waals surface area contributed by atoms with Crippen LogP contribution in [0.25, 0.3) is 0 Å². The van der Waals surface area contributed by atoms with E-state index in [1.807, 2.05) is 0 Å². The van der Waals surface area contributed by atoms with E-state index in [-0.39, 0.29) is 17.4 Å². The van der Waals surface area contributed by atoms with E-state index in [4.69, 9.17) is 0 Å². The van der Waals surface area contributed by atoms with Crippen molar-refractivity contribution in [2.45, 2.75) is 31.6 Å².